The van der Waals surface area contributed by atoms with Gasteiger partial charge in [-0.15, -0.1) is 0 Å². The monoisotopic (exact) mass is 1030 g/mol. The van der Waals surface area contributed by atoms with Gasteiger partial charge in [0, 0.05) is 37.1 Å². The third-order valence-corrected chi connectivity index (χ3v) is 13.8. The number of phosphoric ester groups is 3. The number of nitrogen functional groups attached to an aromatic ring is 1. The van der Waals surface area contributed by atoms with Crippen molar-refractivity contribution in [1.29, 1.82) is 0 Å². The van der Waals surface area contributed by atoms with E-state index in [0.29, 0.717) is 12.2 Å². The summed E-state index contributed by atoms with van der Waals surface area (Å²) in [6.07, 6.45) is 15.7. The zero-order valence-electron chi connectivity index (χ0n) is 37.6. The maximum absolute atomic E-state index is 12.7. The number of aliphatic hydroxyl groups is 2. The fourth-order valence-electron chi connectivity index (χ4n) is 6.19. The lowest BCUT2D eigenvalue weighted by molar-refractivity contribution is -0.137. The molecule has 3 heterocycles. The summed E-state index contributed by atoms with van der Waals surface area (Å²) in [6, 6.07) is 0. The smallest absolute Gasteiger partial charge is 0.386 e. The van der Waals surface area contributed by atoms with Gasteiger partial charge in [0.2, 0.25) is 11.8 Å². The highest BCUT2D eigenvalue weighted by Gasteiger charge is 2.50. The maximum Gasteiger partial charge on any atom is 0.481 e. The molecule has 28 heteroatoms. The predicted molar refractivity (Wildman–Crippen MR) is 246 cm³/mol. The van der Waals surface area contributed by atoms with Crippen LogP contribution < -0.4 is 16.4 Å². The van der Waals surface area contributed by atoms with Gasteiger partial charge in [-0.2, -0.15) is 4.31 Å². The van der Waals surface area contributed by atoms with Crippen molar-refractivity contribution in [2.45, 2.75) is 122 Å². The number of thioether (sulfide) groups is 1. The third-order valence-electron chi connectivity index (χ3n) is 9.79. The number of hydrogen-bond acceptors (Lipinski definition) is 18. The molecule has 0 saturated carbocycles. The van der Waals surface area contributed by atoms with Crippen molar-refractivity contribution in [3.8, 4) is 0 Å². The third kappa shape index (κ3) is 21.5. The molecule has 1 aliphatic heterocycles. The molecule has 24 nitrogen and oxygen atoms in total. The minimum Gasteiger partial charge on any atom is -0.386 e. The molecular formula is C39H64N7O17P3S. The standard InChI is InChI=1S/C39H64N7O17P3S/c1-4-5-6-7-8-9-10-11-12-13-14-15-16-17-18-19-30(48)67-23-22-41-29(47)20-21-42-37(51)34(50)39(2,3)25-60-66(57,58)63-65(55,56)59-24-28-33(62-64(52,53)54)32(49)38(61-28)46-27-45-31-35(40)43-26-44-36(31)46/h8-9,11-12,14-15,26-28,32-34,38,49-50H,4-7,10,13,16-25H2,1-3H3,(H,41,47)(H,42,51)(H,55,56)(H,57,58)(H2,40,43,44)(H2,52,53,54)/b9-8-,12-11-,15-14-/t28-,32+,33?,34+,38-/m1/s1. The Labute approximate surface area is 393 Å². The summed E-state index contributed by atoms with van der Waals surface area (Å²) >= 11 is 1.12. The molecule has 1 saturated heterocycles. The summed E-state index contributed by atoms with van der Waals surface area (Å²) in [7, 11) is -16.4. The van der Waals surface area contributed by atoms with E-state index in [2.05, 4.69) is 77.8 Å². The van der Waals surface area contributed by atoms with Crippen molar-refractivity contribution < 1.29 is 80.5 Å². The zero-order valence-corrected chi connectivity index (χ0v) is 41.1. The molecule has 2 aromatic heterocycles. The first-order valence-corrected chi connectivity index (χ1v) is 27.1. The number of carbonyl (C=O) groups is 3. The fourth-order valence-corrected chi connectivity index (χ4v) is 9.74. The van der Waals surface area contributed by atoms with Crippen LogP contribution in [0.15, 0.2) is 49.1 Å². The minimum absolute atomic E-state index is 0.0286. The lowest BCUT2D eigenvalue weighted by Gasteiger charge is -2.30. The van der Waals surface area contributed by atoms with Gasteiger partial charge in [-0.25, -0.2) is 28.6 Å². The largest absolute Gasteiger partial charge is 0.481 e. The number of hydrogen-bond donors (Lipinski definition) is 9. The summed E-state index contributed by atoms with van der Waals surface area (Å²) in [5.41, 5.74) is 4.28. The molecule has 7 atom stereocenters. The van der Waals surface area contributed by atoms with Crippen LogP contribution in [0.1, 0.15) is 97.6 Å². The van der Waals surface area contributed by atoms with Gasteiger partial charge in [0.1, 0.15) is 36.3 Å². The van der Waals surface area contributed by atoms with Gasteiger partial charge in [0.25, 0.3) is 0 Å². The number of imidazole rings is 1. The van der Waals surface area contributed by atoms with Gasteiger partial charge in [-0.3, -0.25) is 32.5 Å². The second-order valence-electron chi connectivity index (χ2n) is 15.9. The average Bonchev–Trinajstić information content (AvgIpc) is 3.81. The van der Waals surface area contributed by atoms with Crippen molar-refractivity contribution in [1.82, 2.24) is 30.2 Å². The number of nitrogens with two attached hydrogens (primary N) is 1. The summed E-state index contributed by atoms with van der Waals surface area (Å²) in [4.78, 5) is 88.3. The van der Waals surface area contributed by atoms with Crippen molar-refractivity contribution in [2.75, 3.05) is 37.8 Å². The van der Waals surface area contributed by atoms with Gasteiger partial charge in [0.05, 0.1) is 19.5 Å². The van der Waals surface area contributed by atoms with E-state index in [1.807, 2.05) is 0 Å². The number of unbranched alkanes of at least 4 members (excludes halogenated alkanes) is 5. The number of amides is 2. The Hall–Kier alpha value is -3.22. The summed E-state index contributed by atoms with van der Waals surface area (Å²) < 4.78 is 62.4. The summed E-state index contributed by atoms with van der Waals surface area (Å²) in [6.45, 7) is 2.72. The number of nitrogens with one attached hydrogen (secondary N) is 2. The normalized spacial score (nSPS) is 20.4. The lowest BCUT2D eigenvalue weighted by atomic mass is 9.87. The lowest BCUT2D eigenvalue weighted by Crippen LogP contribution is -2.46. The SMILES string of the molecule is CCCCC/C=C\C/C=C\C/C=C\CCCCC(=O)SCCNC(=O)CCNC(=O)[C@H](O)C(C)(C)COP(=O)(O)OP(=O)(O)OC[C@H]1O[C@@H](n2cnc3c(N)ncnc32)[C@@H](O)C1OP(=O)(O)O. The number of nitrogens with zero attached hydrogens (tertiary/aromatic N) is 4. The first-order chi connectivity index (χ1) is 31.6. The Morgan fingerprint density at radius 1 is 0.910 bits per heavy atom. The van der Waals surface area contributed by atoms with Crippen LogP contribution in [-0.2, 0) is 50.7 Å². The van der Waals surface area contributed by atoms with Crippen LogP contribution >= 0.6 is 35.2 Å². The van der Waals surface area contributed by atoms with Crippen LogP contribution in [0.4, 0.5) is 5.82 Å². The molecule has 3 unspecified atom stereocenters. The number of rotatable bonds is 32. The average molecular weight is 1030 g/mol. The molecule has 10 N–H and O–H groups in total. The first-order valence-electron chi connectivity index (χ1n) is 21.6. The molecule has 2 aromatic rings. The summed E-state index contributed by atoms with van der Waals surface area (Å²) in [5.74, 6) is -1.07. The second kappa shape index (κ2) is 28.4. The van der Waals surface area contributed by atoms with E-state index in [1.165, 1.54) is 33.1 Å². The molecular weight excluding hydrogens is 963 g/mol. The predicted octanol–water partition coefficient (Wildman–Crippen LogP) is 4.25. The molecule has 0 aliphatic carbocycles. The molecule has 67 heavy (non-hydrogen) atoms. The Kier molecular flexibility index (Phi) is 24.7. The van der Waals surface area contributed by atoms with Crippen LogP contribution in [0.25, 0.3) is 11.2 Å². The Bertz CT molecular complexity index is 2140. The molecule has 0 aromatic carbocycles. The van der Waals surface area contributed by atoms with Crippen molar-refractivity contribution >= 4 is 69.1 Å². The number of phosphoric acid groups is 3. The first kappa shape index (κ1) is 58.1. The molecule has 0 bridgehead atoms. The fraction of sp³-hybridized carbons (Fsp3) is 0.641. The number of aliphatic hydroxyl groups excluding tert-OH is 2. The van der Waals surface area contributed by atoms with Gasteiger partial charge < -0.3 is 50.9 Å². The number of fused-ring (bicyclic) bond motifs is 1. The van der Waals surface area contributed by atoms with Crippen LogP contribution in [0.2, 0.25) is 0 Å². The van der Waals surface area contributed by atoms with Crippen LogP contribution in [0, 0.1) is 5.41 Å². The van der Waals surface area contributed by atoms with Crippen LogP contribution in [0.5, 0.6) is 0 Å². The Morgan fingerprint density at radius 3 is 2.21 bits per heavy atom. The van der Waals surface area contributed by atoms with E-state index in [4.69, 9.17) is 19.5 Å². The van der Waals surface area contributed by atoms with E-state index in [9.17, 15) is 57.9 Å². The molecule has 3 rings (SSSR count). The van der Waals surface area contributed by atoms with E-state index < -0.39 is 84.6 Å². The molecule has 1 fully saturated rings. The highest BCUT2D eigenvalue weighted by Crippen LogP contribution is 2.61. The Morgan fingerprint density at radius 2 is 1.55 bits per heavy atom. The number of carbonyl (C=O) groups excluding carboxylic acids is 3. The summed E-state index contributed by atoms with van der Waals surface area (Å²) in [5, 5.41) is 26.6. The minimum atomic E-state index is -5.58. The zero-order chi connectivity index (χ0) is 49.7. The molecule has 1 aliphatic rings. The van der Waals surface area contributed by atoms with E-state index in [-0.39, 0.29) is 41.6 Å². The van der Waals surface area contributed by atoms with Gasteiger partial charge in [-0.1, -0.05) is 81.8 Å². The quantitative estimate of drug-likeness (QED) is 0.0281. The van der Waals surface area contributed by atoms with E-state index in [1.54, 1.807) is 0 Å². The maximum atomic E-state index is 12.7. The number of anilines is 1. The number of aromatic nitrogens is 4. The highest BCUT2D eigenvalue weighted by molar-refractivity contribution is 8.13. The van der Waals surface area contributed by atoms with Gasteiger partial charge >= 0.3 is 23.5 Å². The van der Waals surface area contributed by atoms with Crippen molar-refractivity contribution in [3.05, 3.63) is 49.1 Å². The molecule has 2 amide bonds. The highest BCUT2D eigenvalue weighted by atomic mass is 32.2. The molecule has 378 valence electrons. The van der Waals surface area contributed by atoms with Crippen LogP contribution in [-0.4, -0.2) is 123 Å². The van der Waals surface area contributed by atoms with Crippen molar-refractivity contribution in [2.24, 2.45) is 5.41 Å². The molecule has 0 radical (unpaired) electrons. The van der Waals surface area contributed by atoms with E-state index >= 15 is 0 Å². The number of allylic oxidation sites excluding steroid dienone is 6. The topological polar surface area (TPSA) is 364 Å². The van der Waals surface area contributed by atoms with E-state index in [0.717, 1.165) is 67.5 Å². The van der Waals surface area contributed by atoms with Gasteiger partial charge in [0.15, 0.2) is 22.8 Å². The Balaban J connectivity index is 1.32. The van der Waals surface area contributed by atoms with Gasteiger partial charge in [-0.05, 0) is 44.9 Å². The number of ether oxygens (including phenoxy) is 1. The van der Waals surface area contributed by atoms with Crippen LogP contribution in [0.3, 0.4) is 0 Å². The second-order valence-corrected chi connectivity index (χ2v) is 21.3. The van der Waals surface area contributed by atoms with Crippen molar-refractivity contribution in [3.63, 3.8) is 0 Å². The molecule has 0 spiro atoms.